The lowest BCUT2D eigenvalue weighted by Gasteiger charge is -2.20. The summed E-state index contributed by atoms with van der Waals surface area (Å²) in [5, 5.41) is 33.1. The summed E-state index contributed by atoms with van der Waals surface area (Å²) in [5.41, 5.74) is 0. The molecule has 0 rings (SSSR count). The molecule has 0 spiro atoms. The summed E-state index contributed by atoms with van der Waals surface area (Å²) in [6.45, 7) is 0. The van der Waals surface area contributed by atoms with Gasteiger partial charge >= 0.3 is 26.8 Å². The summed E-state index contributed by atoms with van der Waals surface area (Å²) in [6.07, 6.45) is -3.09. The Morgan fingerprint density at radius 3 is 1.73 bits per heavy atom. The molecule has 92 valence electrons. The molecule has 0 aliphatic heterocycles. The van der Waals surface area contributed by atoms with Gasteiger partial charge in [-0.1, -0.05) is 0 Å². The van der Waals surface area contributed by atoms with Crippen molar-refractivity contribution in [2.75, 3.05) is 0 Å². The van der Waals surface area contributed by atoms with Crippen LogP contribution in [-0.2, 0) is 28.6 Å². The van der Waals surface area contributed by atoms with E-state index in [-0.39, 0.29) is 0 Å². The monoisotopic (exact) mass is 270 g/mol. The molecule has 0 aliphatic carbocycles. The van der Waals surface area contributed by atoms with E-state index in [0.717, 1.165) is 0 Å². The zero-order valence-corrected chi connectivity index (χ0v) is 8.21. The number of hydrogen-bond donors (Lipinski definition) is 5. The van der Waals surface area contributed by atoms with E-state index in [1.807, 2.05) is 0 Å². The molecular formula is C2H6O11S2. The van der Waals surface area contributed by atoms with Crippen LogP contribution in [-0.4, -0.2) is 54.1 Å². The lowest BCUT2D eigenvalue weighted by Crippen LogP contribution is -2.46. The third-order valence-electron chi connectivity index (χ3n) is 0.730. The Morgan fingerprint density at radius 2 is 1.47 bits per heavy atom. The van der Waals surface area contributed by atoms with Crippen molar-refractivity contribution in [3.05, 3.63) is 0 Å². The van der Waals surface area contributed by atoms with Gasteiger partial charge in [0.2, 0.25) is 6.29 Å². The first-order valence-electron chi connectivity index (χ1n) is 2.81. The van der Waals surface area contributed by atoms with Crippen LogP contribution in [0.15, 0.2) is 0 Å². The highest BCUT2D eigenvalue weighted by Gasteiger charge is 2.41. The molecule has 0 unspecified atom stereocenters. The minimum Gasteiger partial charge on any atom is -0.362 e. The van der Waals surface area contributed by atoms with Crippen molar-refractivity contribution in [1.82, 2.24) is 0 Å². The molecule has 0 aliphatic rings. The highest BCUT2D eigenvalue weighted by molar-refractivity contribution is 7.94. The van der Waals surface area contributed by atoms with Crippen LogP contribution in [0.1, 0.15) is 0 Å². The average Bonchev–Trinajstić information content (AvgIpc) is 1.75. The largest absolute Gasteiger partial charge is 0.421 e. The zero-order chi connectivity index (χ0) is 12.5. The minimum absolute atomic E-state index is 2.85. The number of rotatable bonds is 5. The molecule has 0 heterocycles. The van der Waals surface area contributed by atoms with E-state index in [0.29, 0.717) is 0 Å². The number of hydrogen-bond acceptors (Lipinski definition) is 10. The molecule has 15 heavy (non-hydrogen) atoms. The molecule has 0 aromatic carbocycles. The zero-order valence-electron chi connectivity index (χ0n) is 6.58. The Kier molecular flexibility index (Phi) is 4.13. The Labute approximate surface area is 83.4 Å². The minimum atomic E-state index is -5.60. The van der Waals surface area contributed by atoms with Crippen LogP contribution in [0.2, 0.25) is 0 Å². The standard InChI is InChI=1S/C2H6O11S2/c3-1(4)2(5,6)12-15(10,11)13-14(7,8)9/h1,3-6H,(H,7,8,9). The molecular weight excluding hydrogens is 264 g/mol. The first-order valence-corrected chi connectivity index (χ1v) is 5.50. The topological polar surface area (TPSA) is 188 Å². The van der Waals surface area contributed by atoms with E-state index < -0.39 is 33.1 Å². The van der Waals surface area contributed by atoms with E-state index >= 15 is 0 Å². The van der Waals surface area contributed by atoms with Crippen LogP contribution in [0, 0.1) is 0 Å². The van der Waals surface area contributed by atoms with E-state index in [1.165, 1.54) is 0 Å². The first-order chi connectivity index (χ1) is 6.36. The van der Waals surface area contributed by atoms with Crippen molar-refractivity contribution in [3.8, 4) is 0 Å². The Balaban J connectivity index is 4.82. The van der Waals surface area contributed by atoms with Gasteiger partial charge in [0, 0.05) is 0 Å². The molecule has 0 aromatic rings. The third-order valence-corrected chi connectivity index (χ3v) is 2.53. The molecule has 0 aromatic heterocycles. The van der Waals surface area contributed by atoms with Crippen LogP contribution >= 0.6 is 0 Å². The molecule has 0 atom stereocenters. The maximum atomic E-state index is 10.4. The van der Waals surface area contributed by atoms with Crippen molar-refractivity contribution >= 4 is 20.8 Å². The molecule has 11 nitrogen and oxygen atoms in total. The van der Waals surface area contributed by atoms with Gasteiger partial charge in [0.15, 0.2) is 0 Å². The lowest BCUT2D eigenvalue weighted by atomic mass is 10.5. The van der Waals surface area contributed by atoms with Crippen LogP contribution in [0.3, 0.4) is 0 Å². The van der Waals surface area contributed by atoms with Crippen LogP contribution in [0.4, 0.5) is 0 Å². The molecule has 0 fully saturated rings. The van der Waals surface area contributed by atoms with Crippen molar-refractivity contribution in [2.45, 2.75) is 12.3 Å². The molecule has 0 amide bonds. The predicted octanol–water partition coefficient (Wildman–Crippen LogP) is -3.98. The fraction of sp³-hybridized carbons (Fsp3) is 1.00. The molecule has 0 bridgehead atoms. The maximum Gasteiger partial charge on any atom is 0.421 e. The van der Waals surface area contributed by atoms with E-state index in [4.69, 9.17) is 25.0 Å². The van der Waals surface area contributed by atoms with E-state index in [1.54, 1.807) is 0 Å². The third kappa shape index (κ3) is 5.92. The highest BCUT2D eigenvalue weighted by atomic mass is 32.3. The Bertz CT molecular complexity index is 398. The quantitative estimate of drug-likeness (QED) is 0.242. The fourth-order valence-corrected chi connectivity index (χ4v) is 1.65. The van der Waals surface area contributed by atoms with Crippen molar-refractivity contribution in [2.24, 2.45) is 0 Å². The highest BCUT2D eigenvalue weighted by Crippen LogP contribution is 2.13. The Morgan fingerprint density at radius 1 is 1.07 bits per heavy atom. The number of aliphatic hydroxyl groups is 4. The van der Waals surface area contributed by atoms with Gasteiger partial charge in [0.05, 0.1) is 0 Å². The Hall–Kier alpha value is -0.380. The van der Waals surface area contributed by atoms with Crippen molar-refractivity contribution < 1.29 is 49.6 Å². The number of aliphatic hydroxyl groups excluding tert-OH is 1. The summed E-state index contributed by atoms with van der Waals surface area (Å²) in [5.74, 6) is -4.02. The smallest absolute Gasteiger partial charge is 0.362 e. The van der Waals surface area contributed by atoms with Gasteiger partial charge in [0.25, 0.3) is 0 Å². The van der Waals surface area contributed by atoms with Gasteiger partial charge in [-0.05, 0) is 0 Å². The SMILES string of the molecule is O=S(=O)(O)OS(=O)(=O)OC(O)(O)C(O)O. The fourth-order valence-electron chi connectivity index (χ4n) is 0.312. The molecule has 0 saturated carbocycles. The van der Waals surface area contributed by atoms with Gasteiger partial charge in [-0.15, -0.1) is 3.63 Å². The molecule has 0 saturated heterocycles. The second-order valence-corrected chi connectivity index (χ2v) is 4.40. The van der Waals surface area contributed by atoms with Gasteiger partial charge in [-0.3, -0.25) is 4.55 Å². The van der Waals surface area contributed by atoms with Crippen LogP contribution < -0.4 is 0 Å². The van der Waals surface area contributed by atoms with Gasteiger partial charge in [-0.25, -0.2) is 0 Å². The van der Waals surface area contributed by atoms with Crippen molar-refractivity contribution in [3.63, 3.8) is 0 Å². The van der Waals surface area contributed by atoms with E-state index in [9.17, 15) is 16.8 Å². The van der Waals surface area contributed by atoms with Gasteiger partial charge in [0.1, 0.15) is 0 Å². The normalized spacial score (nSPS) is 14.5. The van der Waals surface area contributed by atoms with Gasteiger partial charge in [-0.2, -0.15) is 21.0 Å². The maximum absolute atomic E-state index is 10.4. The summed E-state index contributed by atoms with van der Waals surface area (Å²) >= 11 is 0. The van der Waals surface area contributed by atoms with Crippen molar-refractivity contribution in [1.29, 1.82) is 0 Å². The van der Waals surface area contributed by atoms with E-state index in [2.05, 4.69) is 7.81 Å². The second kappa shape index (κ2) is 4.24. The second-order valence-electron chi connectivity index (χ2n) is 2.02. The summed E-state index contributed by atoms with van der Waals surface area (Å²) in [6, 6.07) is 0. The lowest BCUT2D eigenvalue weighted by molar-refractivity contribution is -0.381. The average molecular weight is 270 g/mol. The summed E-state index contributed by atoms with van der Waals surface area (Å²) < 4.78 is 54.5. The van der Waals surface area contributed by atoms with Crippen LogP contribution in [0.25, 0.3) is 0 Å². The molecule has 0 radical (unpaired) electrons. The molecule has 5 N–H and O–H groups in total. The summed E-state index contributed by atoms with van der Waals surface area (Å²) in [7, 11) is -11.1. The van der Waals surface area contributed by atoms with Crippen LogP contribution in [0.5, 0.6) is 0 Å². The summed E-state index contributed by atoms with van der Waals surface area (Å²) in [4.78, 5) is 0. The first kappa shape index (κ1) is 14.6. The molecule has 13 heteroatoms. The van der Waals surface area contributed by atoms with Gasteiger partial charge < -0.3 is 20.4 Å². The predicted molar refractivity (Wildman–Crippen MR) is 38.0 cm³/mol.